The van der Waals surface area contributed by atoms with Crippen molar-refractivity contribution in [1.29, 1.82) is 0 Å². The normalized spacial score (nSPS) is 17.5. The van der Waals surface area contributed by atoms with Crippen LogP contribution in [-0.4, -0.2) is 36.2 Å². The Labute approximate surface area is 274 Å². The van der Waals surface area contributed by atoms with Gasteiger partial charge in [-0.25, -0.2) is 14.0 Å². The summed E-state index contributed by atoms with van der Waals surface area (Å²) in [6, 6.07) is 20.0. The SMILES string of the molecule is COC(=O)c1ccc(CO[C@H]2CC[C@@H](NC(=O)N[C@@](Cc3ccccc3)(c3cc(F)cc(C(F)(F)F)c3)c3ccc(Cl)cn3)C2)cc1. The molecule has 0 radical (unpaired) electrons. The standard InChI is InChI=1S/C35H32ClF4N3O4/c1-46-32(44)24-9-7-23(8-10-24)21-47-30-13-12-29(18-30)42-33(45)43-34(19-22-5-3-2-4-6-22,31-14-11-27(36)20-41-31)25-15-26(35(38,39)40)17-28(37)16-25/h2-11,14-17,20,29-30H,12-13,18-19,21H2,1H3,(H2,42,43,45)/t29-,30+,34+/m1/s1. The van der Waals surface area contributed by atoms with E-state index in [2.05, 4.69) is 15.6 Å². The van der Waals surface area contributed by atoms with E-state index in [-0.39, 0.29) is 34.8 Å². The van der Waals surface area contributed by atoms with E-state index in [9.17, 15) is 27.2 Å². The Morgan fingerprint density at radius 3 is 2.32 bits per heavy atom. The number of nitrogens with one attached hydrogen (secondary N) is 2. The molecule has 12 heteroatoms. The molecule has 3 atom stereocenters. The number of benzene rings is 3. The largest absolute Gasteiger partial charge is 0.465 e. The third-order valence-electron chi connectivity index (χ3n) is 8.10. The predicted octanol–water partition coefficient (Wildman–Crippen LogP) is 7.60. The van der Waals surface area contributed by atoms with Crippen LogP contribution in [-0.2, 0) is 34.2 Å². The van der Waals surface area contributed by atoms with Gasteiger partial charge in [0.25, 0.3) is 0 Å². The molecular weight excluding hydrogens is 638 g/mol. The number of halogens is 5. The Kier molecular flexibility index (Phi) is 10.5. The highest BCUT2D eigenvalue weighted by molar-refractivity contribution is 6.30. The monoisotopic (exact) mass is 669 g/mol. The first-order chi connectivity index (χ1) is 22.4. The van der Waals surface area contributed by atoms with Crippen molar-refractivity contribution in [2.75, 3.05) is 7.11 Å². The number of hydrogen-bond acceptors (Lipinski definition) is 5. The van der Waals surface area contributed by atoms with Crippen molar-refractivity contribution >= 4 is 23.6 Å². The van der Waals surface area contributed by atoms with Crippen LogP contribution >= 0.6 is 11.6 Å². The van der Waals surface area contributed by atoms with Crippen LogP contribution in [0.4, 0.5) is 22.4 Å². The number of amides is 2. The van der Waals surface area contributed by atoms with Gasteiger partial charge in [-0.05, 0) is 78.4 Å². The van der Waals surface area contributed by atoms with Crippen LogP contribution in [0.25, 0.3) is 0 Å². The van der Waals surface area contributed by atoms with Crippen molar-refractivity contribution in [1.82, 2.24) is 15.6 Å². The van der Waals surface area contributed by atoms with E-state index in [1.165, 1.54) is 25.4 Å². The first-order valence-corrected chi connectivity index (χ1v) is 15.2. The average Bonchev–Trinajstić information content (AvgIpc) is 3.50. The van der Waals surface area contributed by atoms with Gasteiger partial charge in [-0.1, -0.05) is 54.1 Å². The molecule has 0 unspecified atom stereocenters. The number of hydrogen-bond donors (Lipinski definition) is 2. The lowest BCUT2D eigenvalue weighted by Gasteiger charge is -2.36. The van der Waals surface area contributed by atoms with Crippen molar-refractivity contribution < 1.29 is 36.6 Å². The number of urea groups is 1. The van der Waals surface area contributed by atoms with Crippen LogP contribution in [0.15, 0.2) is 91.1 Å². The van der Waals surface area contributed by atoms with E-state index >= 15 is 0 Å². The second-order valence-electron chi connectivity index (χ2n) is 11.4. The molecule has 0 saturated heterocycles. The second kappa shape index (κ2) is 14.5. The van der Waals surface area contributed by atoms with Crippen LogP contribution in [0.3, 0.4) is 0 Å². The number of carbonyl (C=O) groups excluding carboxylic acids is 2. The van der Waals surface area contributed by atoms with Gasteiger partial charge in [-0.3, -0.25) is 4.98 Å². The number of pyridine rings is 1. The van der Waals surface area contributed by atoms with Crippen LogP contribution in [0.1, 0.15) is 57.6 Å². The van der Waals surface area contributed by atoms with E-state index in [4.69, 9.17) is 21.1 Å². The highest BCUT2D eigenvalue weighted by atomic mass is 35.5. The van der Waals surface area contributed by atoms with Gasteiger partial charge < -0.3 is 20.1 Å². The average molecular weight is 670 g/mol. The van der Waals surface area contributed by atoms with Gasteiger partial charge in [0.2, 0.25) is 0 Å². The fourth-order valence-corrected chi connectivity index (χ4v) is 5.87. The molecular formula is C35H32ClF4N3O4. The summed E-state index contributed by atoms with van der Waals surface area (Å²) in [6.07, 6.45) is -1.96. The fourth-order valence-electron chi connectivity index (χ4n) is 5.76. The Morgan fingerprint density at radius 2 is 1.66 bits per heavy atom. The van der Waals surface area contributed by atoms with Crippen LogP contribution in [0.5, 0.6) is 0 Å². The zero-order chi connectivity index (χ0) is 33.6. The smallest absolute Gasteiger partial charge is 0.416 e. The molecule has 1 aromatic heterocycles. The number of ether oxygens (including phenoxy) is 2. The van der Waals surface area contributed by atoms with Crippen LogP contribution in [0.2, 0.25) is 5.02 Å². The van der Waals surface area contributed by atoms with E-state index < -0.39 is 35.1 Å². The number of nitrogens with zero attached hydrogens (tertiary/aromatic N) is 1. The van der Waals surface area contributed by atoms with Crippen molar-refractivity contribution in [3.05, 3.63) is 135 Å². The number of methoxy groups -OCH3 is 1. The van der Waals surface area contributed by atoms with Crippen LogP contribution in [0, 0.1) is 5.82 Å². The maximum atomic E-state index is 14.9. The zero-order valence-electron chi connectivity index (χ0n) is 25.3. The topological polar surface area (TPSA) is 89.5 Å². The van der Waals surface area contributed by atoms with E-state index in [1.807, 2.05) is 0 Å². The Morgan fingerprint density at radius 1 is 0.936 bits per heavy atom. The molecule has 1 aliphatic carbocycles. The van der Waals surface area contributed by atoms with Crippen molar-refractivity contribution in [2.45, 2.75) is 56.2 Å². The minimum absolute atomic E-state index is 0.0399. The summed E-state index contributed by atoms with van der Waals surface area (Å²) in [4.78, 5) is 29.8. The Balaban J connectivity index is 1.38. The number of esters is 1. The lowest BCUT2D eigenvalue weighted by Crippen LogP contribution is -2.54. The quantitative estimate of drug-likeness (QED) is 0.134. The first-order valence-electron chi connectivity index (χ1n) is 14.9. The number of alkyl halides is 3. The van der Waals surface area contributed by atoms with Crippen molar-refractivity contribution in [2.24, 2.45) is 0 Å². The minimum atomic E-state index is -4.84. The molecule has 2 N–H and O–H groups in total. The molecule has 2 amide bonds. The third kappa shape index (κ3) is 8.47. The maximum absolute atomic E-state index is 14.9. The molecule has 1 aliphatic rings. The zero-order valence-corrected chi connectivity index (χ0v) is 26.1. The highest BCUT2D eigenvalue weighted by Crippen LogP contribution is 2.38. The molecule has 5 rings (SSSR count). The summed E-state index contributed by atoms with van der Waals surface area (Å²) in [5.41, 5.74) is -0.926. The highest BCUT2D eigenvalue weighted by Gasteiger charge is 2.41. The lowest BCUT2D eigenvalue weighted by atomic mass is 9.79. The van der Waals surface area contributed by atoms with E-state index in [1.54, 1.807) is 54.6 Å². The lowest BCUT2D eigenvalue weighted by molar-refractivity contribution is -0.137. The van der Waals surface area contributed by atoms with Gasteiger partial charge in [-0.15, -0.1) is 0 Å². The third-order valence-corrected chi connectivity index (χ3v) is 8.33. The Bertz CT molecular complexity index is 1690. The number of carbonyl (C=O) groups is 2. The number of rotatable bonds is 10. The van der Waals surface area contributed by atoms with Gasteiger partial charge in [0.15, 0.2) is 0 Å². The van der Waals surface area contributed by atoms with Gasteiger partial charge in [0.05, 0.1) is 41.7 Å². The van der Waals surface area contributed by atoms with Gasteiger partial charge >= 0.3 is 18.2 Å². The summed E-state index contributed by atoms with van der Waals surface area (Å²) < 4.78 is 67.3. The fraction of sp³-hybridized carbons (Fsp3) is 0.286. The minimum Gasteiger partial charge on any atom is -0.465 e. The summed E-state index contributed by atoms with van der Waals surface area (Å²) in [5, 5.41) is 6.10. The molecule has 0 spiro atoms. The molecule has 4 aromatic rings. The van der Waals surface area contributed by atoms with Crippen LogP contribution < -0.4 is 10.6 Å². The molecule has 1 heterocycles. The molecule has 0 aliphatic heterocycles. The van der Waals surface area contributed by atoms with Gasteiger partial charge in [-0.2, -0.15) is 13.2 Å². The second-order valence-corrected chi connectivity index (χ2v) is 11.8. The molecule has 1 saturated carbocycles. The van der Waals surface area contributed by atoms with Crippen molar-refractivity contribution in [3.63, 3.8) is 0 Å². The molecule has 3 aromatic carbocycles. The number of aromatic nitrogens is 1. The van der Waals surface area contributed by atoms with E-state index in [0.717, 1.165) is 17.7 Å². The summed E-state index contributed by atoms with van der Waals surface area (Å²) in [6.45, 7) is 0.300. The molecule has 47 heavy (non-hydrogen) atoms. The molecule has 246 valence electrons. The van der Waals surface area contributed by atoms with Gasteiger partial charge in [0.1, 0.15) is 11.4 Å². The summed E-state index contributed by atoms with van der Waals surface area (Å²) in [5.74, 6) is -1.54. The Hall–Kier alpha value is -4.48. The molecule has 7 nitrogen and oxygen atoms in total. The maximum Gasteiger partial charge on any atom is 0.416 e. The molecule has 0 bridgehead atoms. The summed E-state index contributed by atoms with van der Waals surface area (Å²) in [7, 11) is 1.31. The van der Waals surface area contributed by atoms with E-state index in [0.29, 0.717) is 43.1 Å². The first kappa shape index (κ1) is 33.9. The van der Waals surface area contributed by atoms with Crippen molar-refractivity contribution in [3.8, 4) is 0 Å². The predicted molar refractivity (Wildman–Crippen MR) is 167 cm³/mol. The molecule has 1 fully saturated rings. The summed E-state index contributed by atoms with van der Waals surface area (Å²) >= 11 is 6.10. The van der Waals surface area contributed by atoms with Gasteiger partial charge in [0, 0.05) is 18.7 Å².